The van der Waals surface area contributed by atoms with Crippen LogP contribution in [0, 0.1) is 6.92 Å². The molecule has 0 aromatic carbocycles. The van der Waals surface area contributed by atoms with Crippen molar-refractivity contribution < 1.29 is 9.32 Å². The molecule has 8 heteroatoms. The Bertz CT molecular complexity index is 950. The molecule has 4 heterocycles. The van der Waals surface area contributed by atoms with E-state index in [0.717, 1.165) is 29.9 Å². The number of likely N-dealkylation sites (tertiary alicyclic amines) is 1. The van der Waals surface area contributed by atoms with Gasteiger partial charge in [-0.15, -0.1) is 0 Å². The van der Waals surface area contributed by atoms with Gasteiger partial charge < -0.3 is 14.3 Å². The van der Waals surface area contributed by atoms with E-state index in [1.165, 1.54) is 0 Å². The maximum Gasteiger partial charge on any atom is 0.276 e. The Morgan fingerprint density at radius 2 is 2.07 bits per heavy atom. The maximum absolute atomic E-state index is 12.8. The van der Waals surface area contributed by atoms with Gasteiger partial charge in [0.25, 0.3) is 5.91 Å². The van der Waals surface area contributed by atoms with Crippen molar-refractivity contribution in [2.24, 2.45) is 0 Å². The third kappa shape index (κ3) is 3.71. The number of piperidine rings is 1. The van der Waals surface area contributed by atoms with Crippen LogP contribution >= 0.6 is 0 Å². The fourth-order valence-corrected chi connectivity index (χ4v) is 3.46. The summed E-state index contributed by atoms with van der Waals surface area (Å²) in [5, 5.41) is 3.96. The molecule has 0 aliphatic carbocycles. The summed E-state index contributed by atoms with van der Waals surface area (Å²) < 4.78 is 5.33. The van der Waals surface area contributed by atoms with Crippen LogP contribution in [0.1, 0.15) is 29.0 Å². The van der Waals surface area contributed by atoms with Crippen LogP contribution < -0.4 is 4.90 Å². The second kappa shape index (κ2) is 7.75. The van der Waals surface area contributed by atoms with E-state index in [0.29, 0.717) is 30.6 Å². The van der Waals surface area contributed by atoms with Crippen LogP contribution in [-0.2, 0) is 0 Å². The van der Waals surface area contributed by atoms with Gasteiger partial charge in [-0.25, -0.2) is 9.97 Å². The average Bonchev–Trinajstić information content (AvgIpc) is 3.24. The molecule has 3 aromatic heterocycles. The SMILES string of the molecule is Cc1cc(N(C)C2CCN(C(=O)c3cc(-c4cccnc4)on3)CC2)ncn1. The Labute approximate surface area is 163 Å². The molecule has 1 saturated heterocycles. The van der Waals surface area contributed by atoms with Crippen molar-refractivity contribution in [2.75, 3.05) is 25.0 Å². The molecule has 1 fully saturated rings. The monoisotopic (exact) mass is 378 g/mol. The molecule has 1 amide bonds. The molecule has 1 aliphatic rings. The summed E-state index contributed by atoms with van der Waals surface area (Å²) in [6.45, 7) is 3.30. The van der Waals surface area contributed by atoms with Crippen LogP contribution in [0.2, 0.25) is 0 Å². The Morgan fingerprint density at radius 1 is 1.25 bits per heavy atom. The van der Waals surface area contributed by atoms with E-state index in [1.807, 2.05) is 37.1 Å². The fourth-order valence-electron chi connectivity index (χ4n) is 3.46. The number of pyridine rings is 1. The summed E-state index contributed by atoms with van der Waals surface area (Å²) in [5.41, 5.74) is 2.08. The molecule has 0 unspecified atom stereocenters. The second-order valence-corrected chi connectivity index (χ2v) is 6.97. The Morgan fingerprint density at radius 3 is 2.79 bits per heavy atom. The van der Waals surface area contributed by atoms with Crippen molar-refractivity contribution in [3.05, 3.63) is 54.4 Å². The van der Waals surface area contributed by atoms with Gasteiger partial charge in [0.2, 0.25) is 0 Å². The highest BCUT2D eigenvalue weighted by molar-refractivity contribution is 5.93. The maximum atomic E-state index is 12.8. The first-order chi connectivity index (χ1) is 13.6. The summed E-state index contributed by atoms with van der Waals surface area (Å²) in [6.07, 6.45) is 6.71. The van der Waals surface area contributed by atoms with Crippen molar-refractivity contribution in [2.45, 2.75) is 25.8 Å². The van der Waals surface area contributed by atoms with Crippen LogP contribution in [0.3, 0.4) is 0 Å². The number of hydrogen-bond acceptors (Lipinski definition) is 7. The number of carbonyl (C=O) groups is 1. The average molecular weight is 378 g/mol. The van der Waals surface area contributed by atoms with Crippen LogP contribution in [0.5, 0.6) is 0 Å². The van der Waals surface area contributed by atoms with E-state index < -0.39 is 0 Å². The van der Waals surface area contributed by atoms with Crippen LogP contribution in [0.4, 0.5) is 5.82 Å². The quantitative estimate of drug-likeness (QED) is 0.689. The third-order valence-electron chi connectivity index (χ3n) is 5.13. The van der Waals surface area contributed by atoms with E-state index in [2.05, 4.69) is 25.0 Å². The number of hydrogen-bond donors (Lipinski definition) is 0. The summed E-state index contributed by atoms with van der Waals surface area (Å²) >= 11 is 0. The molecule has 4 rings (SSSR count). The summed E-state index contributed by atoms with van der Waals surface area (Å²) in [5.74, 6) is 1.36. The highest BCUT2D eigenvalue weighted by Crippen LogP contribution is 2.23. The molecule has 1 aliphatic heterocycles. The predicted octanol–water partition coefficient (Wildman–Crippen LogP) is 2.58. The molecule has 3 aromatic rings. The summed E-state index contributed by atoms with van der Waals surface area (Å²) in [4.78, 5) is 29.4. The van der Waals surface area contributed by atoms with Crippen molar-refractivity contribution in [1.29, 1.82) is 0 Å². The first-order valence-corrected chi connectivity index (χ1v) is 9.29. The lowest BCUT2D eigenvalue weighted by atomic mass is 10.0. The molecule has 28 heavy (non-hydrogen) atoms. The minimum absolute atomic E-state index is 0.0992. The van der Waals surface area contributed by atoms with Gasteiger partial charge >= 0.3 is 0 Å². The molecule has 8 nitrogen and oxygen atoms in total. The van der Waals surface area contributed by atoms with Crippen LogP contribution in [0.15, 0.2) is 47.5 Å². The first kappa shape index (κ1) is 18.1. The lowest BCUT2D eigenvalue weighted by Crippen LogP contribution is -2.46. The standard InChI is InChI=1S/C20H22N6O2/c1-14-10-19(23-13-22-14)25(2)16-5-8-26(9-6-16)20(27)17-11-18(28-24-17)15-4-3-7-21-12-15/h3-4,7,10-13,16H,5-6,8-9H2,1-2H3. The van der Waals surface area contributed by atoms with Gasteiger partial charge in [-0.3, -0.25) is 9.78 Å². The molecule has 0 N–H and O–H groups in total. The van der Waals surface area contributed by atoms with E-state index in [-0.39, 0.29) is 5.91 Å². The first-order valence-electron chi connectivity index (χ1n) is 9.29. The molecular weight excluding hydrogens is 356 g/mol. The lowest BCUT2D eigenvalue weighted by molar-refractivity contribution is 0.0703. The number of nitrogens with zero attached hydrogens (tertiary/aromatic N) is 6. The van der Waals surface area contributed by atoms with Gasteiger partial charge in [-0.05, 0) is 31.9 Å². The van der Waals surface area contributed by atoms with Gasteiger partial charge in [0.1, 0.15) is 12.1 Å². The Hall–Kier alpha value is -3.29. The molecule has 144 valence electrons. The highest BCUT2D eigenvalue weighted by atomic mass is 16.5. The molecular formula is C20H22N6O2. The predicted molar refractivity (Wildman–Crippen MR) is 104 cm³/mol. The van der Waals surface area contributed by atoms with E-state index in [9.17, 15) is 4.79 Å². The second-order valence-electron chi connectivity index (χ2n) is 6.97. The van der Waals surface area contributed by atoms with Gasteiger partial charge in [-0.1, -0.05) is 5.16 Å². The number of amides is 1. The van der Waals surface area contributed by atoms with Gasteiger partial charge in [-0.2, -0.15) is 0 Å². The normalized spacial score (nSPS) is 14.9. The topological polar surface area (TPSA) is 88.2 Å². The summed E-state index contributed by atoms with van der Waals surface area (Å²) in [6, 6.07) is 7.69. The van der Waals surface area contributed by atoms with Gasteiger partial charge in [0.15, 0.2) is 11.5 Å². The van der Waals surface area contributed by atoms with Crippen molar-refractivity contribution >= 4 is 11.7 Å². The van der Waals surface area contributed by atoms with E-state index >= 15 is 0 Å². The molecule has 0 bridgehead atoms. The van der Waals surface area contributed by atoms with E-state index in [1.54, 1.807) is 24.8 Å². The fraction of sp³-hybridized carbons (Fsp3) is 0.350. The zero-order valence-electron chi connectivity index (χ0n) is 15.9. The highest BCUT2D eigenvalue weighted by Gasteiger charge is 2.28. The number of anilines is 1. The van der Waals surface area contributed by atoms with Crippen molar-refractivity contribution in [3.63, 3.8) is 0 Å². The minimum Gasteiger partial charge on any atom is -0.356 e. The van der Waals surface area contributed by atoms with Crippen LogP contribution in [-0.4, -0.2) is 57.1 Å². The number of carbonyl (C=O) groups excluding carboxylic acids is 1. The molecule has 0 saturated carbocycles. The smallest absolute Gasteiger partial charge is 0.276 e. The lowest BCUT2D eigenvalue weighted by Gasteiger charge is -2.37. The Kier molecular flexibility index (Phi) is 5.01. The van der Waals surface area contributed by atoms with Gasteiger partial charge in [0, 0.05) is 62.0 Å². The number of aryl methyl sites for hydroxylation is 1. The molecule has 0 radical (unpaired) electrons. The zero-order chi connectivity index (χ0) is 19.5. The van der Waals surface area contributed by atoms with Crippen LogP contribution in [0.25, 0.3) is 11.3 Å². The van der Waals surface area contributed by atoms with Crippen molar-refractivity contribution in [3.8, 4) is 11.3 Å². The largest absolute Gasteiger partial charge is 0.356 e. The summed E-state index contributed by atoms with van der Waals surface area (Å²) in [7, 11) is 2.04. The Balaban J connectivity index is 1.38. The van der Waals surface area contributed by atoms with E-state index in [4.69, 9.17) is 4.52 Å². The molecule has 0 spiro atoms. The minimum atomic E-state index is -0.0992. The number of aromatic nitrogens is 4. The third-order valence-corrected chi connectivity index (χ3v) is 5.13. The number of rotatable bonds is 4. The van der Waals surface area contributed by atoms with Crippen molar-refractivity contribution in [1.82, 2.24) is 25.0 Å². The zero-order valence-corrected chi connectivity index (χ0v) is 15.9. The van der Waals surface area contributed by atoms with Gasteiger partial charge in [0.05, 0.1) is 0 Å². The molecule has 0 atom stereocenters.